The van der Waals surface area contributed by atoms with Crippen molar-refractivity contribution in [2.24, 2.45) is 13.0 Å². The van der Waals surface area contributed by atoms with E-state index in [1.807, 2.05) is 49.5 Å². The second kappa shape index (κ2) is 7.87. The summed E-state index contributed by atoms with van der Waals surface area (Å²) in [5, 5.41) is 14.4. The Morgan fingerprint density at radius 1 is 1.12 bits per heavy atom. The van der Waals surface area contributed by atoms with Crippen molar-refractivity contribution >= 4 is 16.9 Å². The van der Waals surface area contributed by atoms with Gasteiger partial charge in [-0.1, -0.05) is 12.1 Å². The summed E-state index contributed by atoms with van der Waals surface area (Å²) in [6, 6.07) is 16.4. The Hall–Kier alpha value is -3.87. The number of halogens is 1. The van der Waals surface area contributed by atoms with Crippen LogP contribution in [0.15, 0.2) is 60.8 Å². The third kappa shape index (κ3) is 3.57. The molecule has 1 aromatic heterocycles. The van der Waals surface area contributed by atoms with Crippen LogP contribution in [0.4, 0.5) is 4.39 Å². The number of aryl methyl sites for hydroxylation is 1. The maximum absolute atomic E-state index is 14.9. The lowest BCUT2D eigenvalue weighted by atomic mass is 10.1. The number of aromatic nitrogens is 2. The average molecular weight is 458 g/mol. The molecule has 0 saturated heterocycles. The minimum atomic E-state index is -0.748. The van der Waals surface area contributed by atoms with Crippen LogP contribution in [0, 0.1) is 11.7 Å². The summed E-state index contributed by atoms with van der Waals surface area (Å²) >= 11 is 0. The highest BCUT2D eigenvalue weighted by Crippen LogP contribution is 2.48. The molecule has 0 spiro atoms. The SMILES string of the molecule is Cn1ncc2ccc(Oc3ccc(F)c4c3CC[C@H]4Oc3ccc([C@H]4C[C@@H]4C(=O)O)cc3)cc21. The lowest BCUT2D eigenvalue weighted by Crippen LogP contribution is -2.06. The van der Waals surface area contributed by atoms with E-state index in [-0.39, 0.29) is 17.7 Å². The fourth-order valence-corrected chi connectivity index (χ4v) is 4.96. The molecular formula is C27H23FN2O4. The van der Waals surface area contributed by atoms with Gasteiger partial charge in [-0.2, -0.15) is 5.10 Å². The molecule has 0 aliphatic heterocycles. The second-order valence-corrected chi connectivity index (χ2v) is 9.03. The molecule has 3 aromatic carbocycles. The highest BCUT2D eigenvalue weighted by atomic mass is 19.1. The van der Waals surface area contributed by atoms with Crippen LogP contribution >= 0.6 is 0 Å². The fourth-order valence-electron chi connectivity index (χ4n) is 4.96. The molecule has 1 fully saturated rings. The molecule has 0 radical (unpaired) electrons. The number of rotatable bonds is 6. The summed E-state index contributed by atoms with van der Waals surface area (Å²) in [6.07, 6.45) is 3.38. The van der Waals surface area contributed by atoms with Gasteiger partial charge in [-0.05, 0) is 67.1 Å². The zero-order chi connectivity index (χ0) is 23.4. The topological polar surface area (TPSA) is 73.6 Å². The van der Waals surface area contributed by atoms with E-state index in [0.717, 1.165) is 22.0 Å². The Morgan fingerprint density at radius 2 is 1.91 bits per heavy atom. The standard InChI is InChI=1S/C27H23FN2O4/c1-30-23-12-18(7-4-16(23)14-29-30)34-24-11-9-22(28)26-19(24)8-10-25(26)33-17-5-2-15(3-6-17)20-13-21(20)27(31)32/h2-7,9,11-12,14,20-21,25H,8,10,13H2,1H3,(H,31,32)/t20-,21+,25-/m1/s1. The van der Waals surface area contributed by atoms with E-state index >= 15 is 0 Å². The Balaban J connectivity index is 1.22. The lowest BCUT2D eigenvalue weighted by molar-refractivity contribution is -0.138. The van der Waals surface area contributed by atoms with Crippen LogP contribution in [0.3, 0.4) is 0 Å². The normalized spacial score (nSPS) is 20.8. The molecule has 3 atom stereocenters. The van der Waals surface area contributed by atoms with Gasteiger partial charge in [0.1, 0.15) is 29.2 Å². The van der Waals surface area contributed by atoms with Crippen LogP contribution in [-0.4, -0.2) is 20.9 Å². The minimum Gasteiger partial charge on any atom is -0.486 e. The summed E-state index contributed by atoms with van der Waals surface area (Å²) < 4.78 is 29.0. The molecule has 0 bridgehead atoms. The number of hydrogen-bond acceptors (Lipinski definition) is 4. The van der Waals surface area contributed by atoms with Gasteiger partial charge in [-0.25, -0.2) is 4.39 Å². The number of aliphatic carboxylic acids is 1. The molecular weight excluding hydrogens is 435 g/mol. The smallest absolute Gasteiger partial charge is 0.307 e. The van der Waals surface area contributed by atoms with Crippen molar-refractivity contribution in [2.75, 3.05) is 0 Å². The number of carboxylic acids is 1. The summed E-state index contributed by atoms with van der Waals surface area (Å²) in [6.45, 7) is 0. The number of ether oxygens (including phenoxy) is 2. The summed E-state index contributed by atoms with van der Waals surface area (Å²) in [7, 11) is 1.88. The van der Waals surface area contributed by atoms with Crippen LogP contribution < -0.4 is 9.47 Å². The number of hydrogen-bond donors (Lipinski definition) is 1. The van der Waals surface area contributed by atoms with Gasteiger partial charge < -0.3 is 14.6 Å². The minimum absolute atomic E-state index is 0.0708. The van der Waals surface area contributed by atoms with Crippen LogP contribution in [0.1, 0.15) is 41.6 Å². The van der Waals surface area contributed by atoms with Crippen molar-refractivity contribution in [1.82, 2.24) is 9.78 Å². The number of benzene rings is 3. The Labute approximate surface area is 195 Å². The largest absolute Gasteiger partial charge is 0.486 e. The first-order valence-electron chi connectivity index (χ1n) is 11.4. The van der Waals surface area contributed by atoms with E-state index in [0.29, 0.717) is 42.1 Å². The predicted molar refractivity (Wildman–Crippen MR) is 124 cm³/mol. The molecule has 0 amide bonds. The highest BCUT2D eigenvalue weighted by Gasteiger charge is 2.44. The molecule has 1 heterocycles. The molecule has 34 heavy (non-hydrogen) atoms. The molecule has 1 N–H and O–H groups in total. The van der Waals surface area contributed by atoms with Gasteiger partial charge >= 0.3 is 5.97 Å². The molecule has 1 saturated carbocycles. The number of nitrogens with zero attached hydrogens (tertiary/aromatic N) is 2. The van der Waals surface area contributed by atoms with E-state index in [1.165, 1.54) is 6.07 Å². The third-order valence-corrected chi connectivity index (χ3v) is 6.88. The number of carbonyl (C=O) groups is 1. The second-order valence-electron chi connectivity index (χ2n) is 9.03. The van der Waals surface area contributed by atoms with Crippen LogP contribution in [0.5, 0.6) is 17.2 Å². The Bertz CT molecular complexity index is 1410. The summed E-state index contributed by atoms with van der Waals surface area (Å²) in [5.41, 5.74) is 3.32. The van der Waals surface area contributed by atoms with Crippen molar-refractivity contribution < 1.29 is 23.8 Å². The van der Waals surface area contributed by atoms with Gasteiger partial charge in [0, 0.05) is 29.6 Å². The monoisotopic (exact) mass is 458 g/mol. The first kappa shape index (κ1) is 20.7. The number of fused-ring (bicyclic) bond motifs is 2. The molecule has 7 heteroatoms. The van der Waals surface area contributed by atoms with Gasteiger partial charge in [0.15, 0.2) is 0 Å². The van der Waals surface area contributed by atoms with Crippen molar-refractivity contribution in [3.05, 3.63) is 83.3 Å². The van der Waals surface area contributed by atoms with E-state index < -0.39 is 12.1 Å². The molecule has 6 rings (SSSR count). The molecule has 6 nitrogen and oxygen atoms in total. The summed E-state index contributed by atoms with van der Waals surface area (Å²) in [5.74, 6) is 0.674. The van der Waals surface area contributed by atoms with Crippen molar-refractivity contribution in [3.63, 3.8) is 0 Å². The maximum atomic E-state index is 14.9. The lowest BCUT2D eigenvalue weighted by Gasteiger charge is -2.17. The average Bonchev–Trinajstić information content (AvgIpc) is 3.41. The van der Waals surface area contributed by atoms with E-state index in [1.54, 1.807) is 16.9 Å². The highest BCUT2D eigenvalue weighted by molar-refractivity contribution is 5.80. The van der Waals surface area contributed by atoms with Crippen molar-refractivity contribution in [1.29, 1.82) is 0 Å². The van der Waals surface area contributed by atoms with E-state index in [9.17, 15) is 9.18 Å². The zero-order valence-electron chi connectivity index (χ0n) is 18.6. The van der Waals surface area contributed by atoms with Gasteiger partial charge in [0.25, 0.3) is 0 Å². The maximum Gasteiger partial charge on any atom is 0.307 e. The van der Waals surface area contributed by atoms with Crippen molar-refractivity contribution in [2.45, 2.75) is 31.3 Å². The summed E-state index contributed by atoms with van der Waals surface area (Å²) in [4.78, 5) is 11.1. The molecule has 0 unspecified atom stereocenters. The fraction of sp³-hybridized carbons (Fsp3) is 0.259. The molecule has 172 valence electrons. The van der Waals surface area contributed by atoms with E-state index in [4.69, 9.17) is 14.6 Å². The van der Waals surface area contributed by atoms with Gasteiger partial charge in [0.2, 0.25) is 0 Å². The predicted octanol–water partition coefficient (Wildman–Crippen LogP) is 5.76. The zero-order valence-corrected chi connectivity index (χ0v) is 18.6. The van der Waals surface area contributed by atoms with Crippen LogP contribution in [-0.2, 0) is 18.3 Å². The molecule has 2 aliphatic carbocycles. The van der Waals surface area contributed by atoms with Crippen molar-refractivity contribution in [3.8, 4) is 17.2 Å². The van der Waals surface area contributed by atoms with Crippen LogP contribution in [0.25, 0.3) is 10.9 Å². The van der Waals surface area contributed by atoms with Gasteiger partial charge in [-0.3, -0.25) is 9.48 Å². The quantitative estimate of drug-likeness (QED) is 0.398. The number of carboxylic acid groups (broad SMARTS) is 1. The van der Waals surface area contributed by atoms with Gasteiger partial charge in [-0.15, -0.1) is 0 Å². The first-order valence-corrected chi connectivity index (χ1v) is 11.4. The van der Waals surface area contributed by atoms with Gasteiger partial charge in [0.05, 0.1) is 17.6 Å². The Morgan fingerprint density at radius 3 is 2.68 bits per heavy atom. The Kier molecular flexibility index (Phi) is 4.79. The van der Waals surface area contributed by atoms with Crippen LogP contribution in [0.2, 0.25) is 0 Å². The first-order chi connectivity index (χ1) is 16.5. The van der Waals surface area contributed by atoms with E-state index in [2.05, 4.69) is 5.10 Å². The molecule has 2 aliphatic rings. The molecule has 4 aromatic rings. The third-order valence-electron chi connectivity index (χ3n) is 6.88.